The van der Waals surface area contributed by atoms with Crippen molar-refractivity contribution in [1.29, 1.82) is 0 Å². The van der Waals surface area contributed by atoms with Gasteiger partial charge in [0.2, 0.25) is 0 Å². The van der Waals surface area contributed by atoms with Crippen LogP contribution in [-0.4, -0.2) is 14.2 Å². The Morgan fingerprint density at radius 3 is 2.14 bits per heavy atom. The molecule has 0 spiro atoms. The van der Waals surface area contributed by atoms with E-state index in [0.29, 0.717) is 11.9 Å². The van der Waals surface area contributed by atoms with Gasteiger partial charge in [-0.3, -0.25) is 0 Å². The second-order valence-corrected chi connectivity index (χ2v) is 5.77. The van der Waals surface area contributed by atoms with Gasteiger partial charge in [-0.25, -0.2) is 0 Å². The van der Waals surface area contributed by atoms with Crippen molar-refractivity contribution in [2.75, 3.05) is 14.2 Å². The van der Waals surface area contributed by atoms with Crippen molar-refractivity contribution in [2.45, 2.75) is 11.9 Å². The second kappa shape index (κ2) is 7.71. The number of hydrogen-bond acceptors (Lipinski definition) is 3. The fourth-order valence-electron chi connectivity index (χ4n) is 1.87. The molecule has 0 amide bonds. The molecule has 0 heterocycles. The number of benzene rings is 2. The Bertz CT molecular complexity index is 614. The van der Waals surface area contributed by atoms with Crippen LogP contribution in [0.1, 0.15) is 11.1 Å². The van der Waals surface area contributed by atoms with Crippen LogP contribution in [0.5, 0.6) is 17.2 Å². The Hall–Kier alpha value is -1.20. The number of ether oxygens (including phenoxy) is 3. The molecule has 0 aliphatic rings. The van der Waals surface area contributed by atoms with Crippen molar-refractivity contribution < 1.29 is 14.2 Å². The van der Waals surface area contributed by atoms with Gasteiger partial charge in [0.15, 0.2) is 0 Å². The van der Waals surface area contributed by atoms with E-state index in [1.165, 1.54) is 0 Å². The fraction of sp³-hybridized carbons (Fsp3) is 0.250. The summed E-state index contributed by atoms with van der Waals surface area (Å²) in [6.07, 6.45) is 0. The predicted octanol–water partition coefficient (Wildman–Crippen LogP) is 4.94. The lowest BCUT2D eigenvalue weighted by atomic mass is 10.2. The maximum absolute atomic E-state index is 5.92. The van der Waals surface area contributed by atoms with Crippen molar-refractivity contribution in [3.8, 4) is 17.2 Å². The summed E-state index contributed by atoms with van der Waals surface area (Å²) in [6.45, 7) is 0.462. The lowest BCUT2D eigenvalue weighted by Crippen LogP contribution is -2.00. The molecule has 5 heteroatoms. The first-order valence-corrected chi connectivity index (χ1v) is 8.27. The highest BCUT2D eigenvalue weighted by molar-refractivity contribution is 9.10. The van der Waals surface area contributed by atoms with Gasteiger partial charge >= 0.3 is 0 Å². The molecule has 0 N–H and O–H groups in total. The van der Waals surface area contributed by atoms with Gasteiger partial charge in [-0.15, -0.1) is 0 Å². The molecule has 0 saturated carbocycles. The van der Waals surface area contributed by atoms with Gasteiger partial charge in [-0.05, 0) is 36.4 Å². The Balaban J connectivity index is 2.16. The van der Waals surface area contributed by atoms with E-state index in [1.807, 2.05) is 36.4 Å². The first-order valence-electron chi connectivity index (χ1n) is 6.36. The van der Waals surface area contributed by atoms with Crippen LogP contribution in [0.15, 0.2) is 40.9 Å². The van der Waals surface area contributed by atoms with E-state index in [0.717, 1.165) is 32.8 Å². The lowest BCUT2D eigenvalue weighted by Gasteiger charge is -2.13. The van der Waals surface area contributed by atoms with E-state index in [1.54, 1.807) is 14.2 Å². The van der Waals surface area contributed by atoms with E-state index >= 15 is 0 Å². The Kier molecular flexibility index (Phi) is 5.94. The van der Waals surface area contributed by atoms with E-state index < -0.39 is 0 Å². The third-order valence-electron chi connectivity index (χ3n) is 3.05. The van der Waals surface area contributed by atoms with Gasteiger partial charge in [0.1, 0.15) is 23.9 Å². The summed E-state index contributed by atoms with van der Waals surface area (Å²) >= 11 is 7.00. The monoisotopic (exact) mass is 414 g/mol. The molecule has 0 unspecified atom stereocenters. The highest BCUT2D eigenvalue weighted by Gasteiger charge is 2.07. The summed E-state index contributed by atoms with van der Waals surface area (Å²) in [5, 5.41) is 0.707. The maximum Gasteiger partial charge on any atom is 0.124 e. The number of alkyl halides is 1. The summed E-state index contributed by atoms with van der Waals surface area (Å²) in [4.78, 5) is 0. The maximum atomic E-state index is 5.92. The van der Waals surface area contributed by atoms with Crippen molar-refractivity contribution in [3.63, 3.8) is 0 Å². The molecule has 0 aliphatic heterocycles. The normalized spacial score (nSPS) is 10.3. The van der Waals surface area contributed by atoms with Gasteiger partial charge in [-0.2, -0.15) is 0 Å². The topological polar surface area (TPSA) is 27.7 Å². The van der Waals surface area contributed by atoms with Crippen LogP contribution >= 0.6 is 31.9 Å². The smallest absolute Gasteiger partial charge is 0.124 e. The van der Waals surface area contributed by atoms with Crippen molar-refractivity contribution in [2.24, 2.45) is 0 Å². The summed E-state index contributed by atoms with van der Waals surface area (Å²) < 4.78 is 17.4. The van der Waals surface area contributed by atoms with Crippen LogP contribution < -0.4 is 14.2 Å². The minimum absolute atomic E-state index is 0.462. The molecule has 0 bridgehead atoms. The van der Waals surface area contributed by atoms with Gasteiger partial charge in [0.05, 0.1) is 14.2 Å². The van der Waals surface area contributed by atoms with Crippen LogP contribution in [0.2, 0.25) is 0 Å². The Labute approximate surface area is 141 Å². The van der Waals surface area contributed by atoms with Crippen molar-refractivity contribution in [1.82, 2.24) is 0 Å². The molecule has 2 aromatic rings. The SMILES string of the molecule is COc1ccc(Br)c(COc2ccc(OC)cc2CBr)c1. The summed E-state index contributed by atoms with van der Waals surface area (Å²) in [7, 11) is 3.31. The van der Waals surface area contributed by atoms with Crippen LogP contribution in [0, 0.1) is 0 Å². The van der Waals surface area contributed by atoms with E-state index in [9.17, 15) is 0 Å². The molecule has 112 valence electrons. The molecule has 0 aromatic heterocycles. The average Bonchev–Trinajstić information content (AvgIpc) is 2.54. The summed E-state index contributed by atoms with van der Waals surface area (Å²) in [5.41, 5.74) is 2.08. The first-order chi connectivity index (χ1) is 10.2. The Morgan fingerprint density at radius 2 is 1.52 bits per heavy atom. The van der Waals surface area contributed by atoms with E-state index in [-0.39, 0.29) is 0 Å². The third-order valence-corrected chi connectivity index (χ3v) is 4.43. The van der Waals surface area contributed by atoms with Crippen LogP contribution in [0.4, 0.5) is 0 Å². The van der Waals surface area contributed by atoms with Gasteiger partial charge in [-0.1, -0.05) is 31.9 Å². The minimum Gasteiger partial charge on any atom is -0.497 e. The summed E-state index contributed by atoms with van der Waals surface area (Å²) in [5.74, 6) is 2.47. The molecule has 2 aromatic carbocycles. The Morgan fingerprint density at radius 1 is 0.905 bits per heavy atom. The highest BCUT2D eigenvalue weighted by Crippen LogP contribution is 2.29. The first kappa shape index (κ1) is 16.2. The van der Waals surface area contributed by atoms with Crippen LogP contribution in [0.25, 0.3) is 0 Å². The largest absolute Gasteiger partial charge is 0.497 e. The number of rotatable bonds is 6. The van der Waals surface area contributed by atoms with Crippen LogP contribution in [-0.2, 0) is 11.9 Å². The zero-order valence-electron chi connectivity index (χ0n) is 11.9. The van der Waals surface area contributed by atoms with Crippen molar-refractivity contribution >= 4 is 31.9 Å². The molecule has 0 aliphatic carbocycles. The quantitative estimate of drug-likeness (QED) is 0.625. The number of halogens is 2. The molecule has 21 heavy (non-hydrogen) atoms. The molecular weight excluding hydrogens is 400 g/mol. The third kappa shape index (κ3) is 4.14. The average molecular weight is 416 g/mol. The molecule has 3 nitrogen and oxygen atoms in total. The highest BCUT2D eigenvalue weighted by atomic mass is 79.9. The molecule has 0 saturated heterocycles. The molecule has 2 rings (SSSR count). The molecule has 0 radical (unpaired) electrons. The molecule has 0 fully saturated rings. The summed E-state index contributed by atoms with van der Waals surface area (Å²) in [6, 6.07) is 11.6. The van der Waals surface area contributed by atoms with Gasteiger partial charge in [0, 0.05) is 20.9 Å². The van der Waals surface area contributed by atoms with E-state index in [4.69, 9.17) is 14.2 Å². The van der Waals surface area contributed by atoms with E-state index in [2.05, 4.69) is 31.9 Å². The van der Waals surface area contributed by atoms with Crippen LogP contribution in [0.3, 0.4) is 0 Å². The lowest BCUT2D eigenvalue weighted by molar-refractivity contribution is 0.301. The van der Waals surface area contributed by atoms with Crippen molar-refractivity contribution in [3.05, 3.63) is 52.0 Å². The van der Waals surface area contributed by atoms with Gasteiger partial charge < -0.3 is 14.2 Å². The number of methoxy groups -OCH3 is 2. The van der Waals surface area contributed by atoms with Gasteiger partial charge in [0.25, 0.3) is 0 Å². The molecule has 0 atom stereocenters. The fourth-order valence-corrected chi connectivity index (χ4v) is 2.67. The standard InChI is InChI=1S/C16H16Br2O3/c1-19-13-3-5-15(18)12(8-13)10-21-16-6-4-14(20-2)7-11(16)9-17/h3-8H,9-10H2,1-2H3. The zero-order chi connectivity index (χ0) is 15.2. The second-order valence-electron chi connectivity index (χ2n) is 4.35. The molecular formula is C16H16Br2O3. The minimum atomic E-state index is 0.462. The number of hydrogen-bond donors (Lipinski definition) is 0. The zero-order valence-corrected chi connectivity index (χ0v) is 15.0. The predicted molar refractivity (Wildman–Crippen MR) is 90.7 cm³/mol.